The third-order valence-electron chi connectivity index (χ3n) is 3.18. The molecule has 0 atom stereocenters. The maximum absolute atomic E-state index is 12.0. The topological polar surface area (TPSA) is 20.3 Å². The van der Waals surface area contributed by atoms with E-state index in [2.05, 4.69) is 15.9 Å². The lowest BCUT2D eigenvalue weighted by molar-refractivity contribution is -0.125. The van der Waals surface area contributed by atoms with Crippen molar-refractivity contribution in [2.45, 2.75) is 25.7 Å². The van der Waals surface area contributed by atoms with Gasteiger partial charge in [0.2, 0.25) is 5.91 Å². The quantitative estimate of drug-likeness (QED) is 0.760. The highest BCUT2D eigenvalue weighted by atomic mass is 79.9. The van der Waals surface area contributed by atoms with Gasteiger partial charge in [-0.15, -0.1) is 0 Å². The Morgan fingerprint density at radius 2 is 1.89 bits per heavy atom. The molecule has 3 heteroatoms. The third-order valence-corrected chi connectivity index (χ3v) is 3.68. The summed E-state index contributed by atoms with van der Waals surface area (Å²) in [4.78, 5) is 14.0. The predicted molar refractivity (Wildman–Crippen MR) is 78.2 cm³/mol. The first-order valence-corrected chi connectivity index (χ1v) is 7.27. The molecule has 0 N–H and O–H groups in total. The van der Waals surface area contributed by atoms with Crippen LogP contribution in [0.15, 0.2) is 34.8 Å². The van der Waals surface area contributed by atoms with Gasteiger partial charge in [-0.25, -0.2) is 0 Å². The first-order valence-electron chi connectivity index (χ1n) is 6.48. The number of amides is 1. The molecule has 18 heavy (non-hydrogen) atoms. The van der Waals surface area contributed by atoms with Crippen LogP contribution < -0.4 is 0 Å². The van der Waals surface area contributed by atoms with Gasteiger partial charge in [0.1, 0.15) is 0 Å². The van der Waals surface area contributed by atoms with Crippen molar-refractivity contribution in [2.24, 2.45) is 0 Å². The van der Waals surface area contributed by atoms with E-state index in [4.69, 9.17) is 0 Å². The number of rotatable bonds is 2. The Kier molecular flexibility index (Phi) is 5.00. The van der Waals surface area contributed by atoms with E-state index in [0.29, 0.717) is 0 Å². The molecule has 1 fully saturated rings. The van der Waals surface area contributed by atoms with Crippen LogP contribution in [0.3, 0.4) is 0 Å². The second-order valence-corrected chi connectivity index (χ2v) is 5.54. The van der Waals surface area contributed by atoms with Gasteiger partial charge in [-0.05, 0) is 36.6 Å². The summed E-state index contributed by atoms with van der Waals surface area (Å²) >= 11 is 3.43. The molecule has 0 unspecified atom stereocenters. The smallest absolute Gasteiger partial charge is 0.246 e. The Balaban J connectivity index is 1.97. The number of nitrogens with zero attached hydrogens (tertiary/aromatic N) is 1. The molecular weight excluding hydrogens is 290 g/mol. The van der Waals surface area contributed by atoms with Crippen molar-refractivity contribution in [3.63, 3.8) is 0 Å². The standard InChI is InChI=1S/C15H18BrNO/c16-14-7-5-6-13(12-14)8-9-15(18)17-10-3-1-2-4-11-17/h5-9,12H,1-4,10-11H2/b9-8+. The zero-order valence-corrected chi connectivity index (χ0v) is 12.0. The number of halogens is 1. The third kappa shape index (κ3) is 3.98. The SMILES string of the molecule is O=C(/C=C/c1cccc(Br)c1)N1CCCCCC1. The summed E-state index contributed by atoms with van der Waals surface area (Å²) in [6.07, 6.45) is 8.34. The Morgan fingerprint density at radius 1 is 1.17 bits per heavy atom. The molecule has 1 aromatic rings. The summed E-state index contributed by atoms with van der Waals surface area (Å²) in [5.74, 6) is 0.136. The fourth-order valence-electron chi connectivity index (χ4n) is 2.17. The van der Waals surface area contributed by atoms with Crippen molar-refractivity contribution >= 4 is 27.9 Å². The van der Waals surface area contributed by atoms with Gasteiger partial charge < -0.3 is 4.90 Å². The van der Waals surface area contributed by atoms with Gasteiger partial charge in [-0.3, -0.25) is 4.79 Å². The van der Waals surface area contributed by atoms with Gasteiger partial charge in [0.15, 0.2) is 0 Å². The molecule has 1 aromatic carbocycles. The Hall–Kier alpha value is -1.09. The van der Waals surface area contributed by atoms with Crippen LogP contribution in [-0.2, 0) is 4.79 Å². The molecule has 1 aliphatic heterocycles. The van der Waals surface area contributed by atoms with Gasteiger partial charge in [0.05, 0.1) is 0 Å². The van der Waals surface area contributed by atoms with Crippen molar-refractivity contribution in [1.29, 1.82) is 0 Å². The van der Waals surface area contributed by atoms with Crippen LogP contribution in [0.1, 0.15) is 31.2 Å². The Labute approximate surface area is 117 Å². The van der Waals surface area contributed by atoms with Crippen LogP contribution in [0.25, 0.3) is 6.08 Å². The van der Waals surface area contributed by atoms with E-state index < -0.39 is 0 Å². The van der Waals surface area contributed by atoms with Crippen molar-refractivity contribution < 1.29 is 4.79 Å². The summed E-state index contributed by atoms with van der Waals surface area (Å²) < 4.78 is 1.03. The minimum atomic E-state index is 0.136. The van der Waals surface area contributed by atoms with E-state index in [1.54, 1.807) is 6.08 Å². The van der Waals surface area contributed by atoms with E-state index in [9.17, 15) is 4.79 Å². The minimum absolute atomic E-state index is 0.136. The highest BCUT2D eigenvalue weighted by Crippen LogP contribution is 2.14. The van der Waals surface area contributed by atoms with Crippen molar-refractivity contribution in [1.82, 2.24) is 4.90 Å². The molecule has 1 aliphatic rings. The molecular formula is C15H18BrNO. The van der Waals surface area contributed by atoms with Crippen molar-refractivity contribution in [3.05, 3.63) is 40.4 Å². The average molecular weight is 308 g/mol. The molecule has 0 spiro atoms. The maximum Gasteiger partial charge on any atom is 0.246 e. The summed E-state index contributed by atoms with van der Waals surface area (Å²) in [7, 11) is 0. The van der Waals surface area contributed by atoms with E-state index >= 15 is 0 Å². The van der Waals surface area contributed by atoms with Crippen LogP contribution >= 0.6 is 15.9 Å². The van der Waals surface area contributed by atoms with E-state index in [1.165, 1.54) is 12.8 Å². The Bertz CT molecular complexity index is 434. The van der Waals surface area contributed by atoms with Gasteiger partial charge in [-0.2, -0.15) is 0 Å². The number of hydrogen-bond donors (Lipinski definition) is 0. The molecule has 0 bridgehead atoms. The molecule has 1 amide bonds. The minimum Gasteiger partial charge on any atom is -0.339 e. The molecule has 0 radical (unpaired) electrons. The lowest BCUT2D eigenvalue weighted by Crippen LogP contribution is -2.30. The van der Waals surface area contributed by atoms with Gasteiger partial charge >= 0.3 is 0 Å². The average Bonchev–Trinajstić information content (AvgIpc) is 2.65. The van der Waals surface area contributed by atoms with Crippen LogP contribution in [0.4, 0.5) is 0 Å². The summed E-state index contributed by atoms with van der Waals surface area (Å²) in [6, 6.07) is 7.96. The summed E-state index contributed by atoms with van der Waals surface area (Å²) in [6.45, 7) is 1.81. The van der Waals surface area contributed by atoms with E-state index in [1.807, 2.05) is 35.2 Å². The van der Waals surface area contributed by atoms with Crippen LogP contribution in [0, 0.1) is 0 Å². The molecule has 2 rings (SSSR count). The van der Waals surface area contributed by atoms with Crippen molar-refractivity contribution in [3.8, 4) is 0 Å². The monoisotopic (exact) mass is 307 g/mol. The molecule has 0 saturated carbocycles. The van der Waals surface area contributed by atoms with E-state index in [0.717, 1.165) is 36.0 Å². The van der Waals surface area contributed by atoms with Crippen molar-refractivity contribution in [2.75, 3.05) is 13.1 Å². The molecule has 0 aliphatic carbocycles. The molecule has 96 valence electrons. The van der Waals surface area contributed by atoms with E-state index in [-0.39, 0.29) is 5.91 Å². The number of benzene rings is 1. The lowest BCUT2D eigenvalue weighted by Gasteiger charge is -2.17. The Morgan fingerprint density at radius 3 is 2.56 bits per heavy atom. The number of likely N-dealkylation sites (tertiary alicyclic amines) is 1. The largest absolute Gasteiger partial charge is 0.339 e. The van der Waals surface area contributed by atoms with Crippen LogP contribution in [0.2, 0.25) is 0 Å². The zero-order chi connectivity index (χ0) is 12.8. The second-order valence-electron chi connectivity index (χ2n) is 4.63. The fraction of sp³-hybridized carbons (Fsp3) is 0.400. The van der Waals surface area contributed by atoms with Gasteiger partial charge in [-0.1, -0.05) is 40.9 Å². The number of carbonyl (C=O) groups is 1. The normalized spacial score (nSPS) is 16.8. The first-order chi connectivity index (χ1) is 8.75. The highest BCUT2D eigenvalue weighted by Gasteiger charge is 2.12. The van der Waals surface area contributed by atoms with Crippen LogP contribution in [0.5, 0.6) is 0 Å². The molecule has 1 saturated heterocycles. The van der Waals surface area contributed by atoms with Gasteiger partial charge in [0, 0.05) is 23.6 Å². The molecule has 1 heterocycles. The predicted octanol–water partition coefficient (Wildman–Crippen LogP) is 3.86. The fourth-order valence-corrected chi connectivity index (χ4v) is 2.59. The lowest BCUT2D eigenvalue weighted by atomic mass is 10.2. The highest BCUT2D eigenvalue weighted by molar-refractivity contribution is 9.10. The number of hydrogen-bond acceptors (Lipinski definition) is 1. The number of carbonyl (C=O) groups excluding carboxylic acids is 1. The van der Waals surface area contributed by atoms with Crippen LogP contribution in [-0.4, -0.2) is 23.9 Å². The second kappa shape index (κ2) is 6.74. The summed E-state index contributed by atoms with van der Waals surface area (Å²) in [5.41, 5.74) is 1.05. The zero-order valence-electron chi connectivity index (χ0n) is 10.4. The van der Waals surface area contributed by atoms with Gasteiger partial charge in [0.25, 0.3) is 0 Å². The maximum atomic E-state index is 12.0. The molecule has 0 aromatic heterocycles. The first kappa shape index (κ1) is 13.3. The summed E-state index contributed by atoms with van der Waals surface area (Å²) in [5, 5.41) is 0. The molecule has 2 nitrogen and oxygen atoms in total.